The molecule has 0 aliphatic rings. The number of hydrogen-bond acceptors (Lipinski definition) is 5. The molecule has 0 fully saturated rings. The van der Waals surface area contributed by atoms with E-state index in [0.717, 1.165) is 5.01 Å². The maximum atomic E-state index is 11.0. The van der Waals surface area contributed by atoms with Crippen LogP contribution in [0.1, 0.15) is 15.5 Å². The van der Waals surface area contributed by atoms with Gasteiger partial charge in [-0.05, 0) is 6.92 Å². The van der Waals surface area contributed by atoms with Crippen LogP contribution in [0, 0.1) is 6.92 Å². The summed E-state index contributed by atoms with van der Waals surface area (Å²) in [7, 11) is 2.82. The largest absolute Gasteiger partial charge is 0.485 e. The van der Waals surface area contributed by atoms with Gasteiger partial charge in [0.2, 0.25) is 10.8 Å². The Hall–Kier alpha value is -1.10. The molecule has 0 saturated heterocycles. The molecule has 0 bridgehead atoms. The summed E-state index contributed by atoms with van der Waals surface area (Å²) in [5.41, 5.74) is 0.252. The molecule has 0 atom stereocenters. The SMILES string of the molecule is COC(=O)c1nc(C)sc1OC. The first-order valence-electron chi connectivity index (χ1n) is 3.28. The van der Waals surface area contributed by atoms with E-state index in [4.69, 9.17) is 4.74 Å². The Kier molecular flexibility index (Phi) is 2.65. The number of esters is 1. The summed E-state index contributed by atoms with van der Waals surface area (Å²) >= 11 is 1.32. The highest BCUT2D eigenvalue weighted by Gasteiger charge is 2.17. The first kappa shape index (κ1) is 8.99. The van der Waals surface area contributed by atoms with Gasteiger partial charge in [-0.15, -0.1) is 0 Å². The van der Waals surface area contributed by atoms with E-state index in [-0.39, 0.29) is 5.69 Å². The van der Waals surface area contributed by atoms with E-state index in [9.17, 15) is 4.79 Å². The predicted octanol–water partition coefficient (Wildman–Crippen LogP) is 1.25. The third kappa shape index (κ3) is 1.55. The van der Waals surface area contributed by atoms with Gasteiger partial charge in [0.1, 0.15) is 0 Å². The van der Waals surface area contributed by atoms with Gasteiger partial charge in [-0.1, -0.05) is 11.3 Å². The van der Waals surface area contributed by atoms with Crippen LogP contribution < -0.4 is 4.74 Å². The lowest BCUT2D eigenvalue weighted by Gasteiger charge is -1.96. The lowest BCUT2D eigenvalue weighted by molar-refractivity contribution is 0.0591. The summed E-state index contributed by atoms with van der Waals surface area (Å²) in [5.74, 6) is -0.462. The third-order valence-electron chi connectivity index (χ3n) is 1.27. The number of nitrogens with zero attached hydrogens (tertiary/aromatic N) is 1. The van der Waals surface area contributed by atoms with Crippen LogP contribution in [0.4, 0.5) is 0 Å². The Labute approximate surface area is 74.1 Å². The molecule has 1 rings (SSSR count). The fraction of sp³-hybridized carbons (Fsp3) is 0.429. The summed E-state index contributed by atoms with van der Waals surface area (Å²) in [6.45, 7) is 1.81. The number of ether oxygens (including phenoxy) is 2. The predicted molar refractivity (Wildman–Crippen MR) is 44.7 cm³/mol. The molecule has 1 aromatic rings. The number of carbonyl (C=O) groups is 1. The molecule has 0 saturated carbocycles. The summed E-state index contributed by atoms with van der Waals surface area (Å²) < 4.78 is 9.46. The summed E-state index contributed by atoms with van der Waals surface area (Å²) in [5, 5.41) is 1.28. The normalized spacial score (nSPS) is 9.58. The summed E-state index contributed by atoms with van der Waals surface area (Å²) in [4.78, 5) is 15.0. The molecule has 5 heteroatoms. The molecule has 12 heavy (non-hydrogen) atoms. The lowest BCUT2D eigenvalue weighted by atomic mass is 10.5. The highest BCUT2D eigenvalue weighted by atomic mass is 32.1. The van der Waals surface area contributed by atoms with Gasteiger partial charge in [-0.25, -0.2) is 9.78 Å². The standard InChI is InChI=1S/C7H9NO3S/c1-4-8-5(6(9)10-2)7(11-3)12-4/h1-3H3. The maximum absolute atomic E-state index is 11.0. The van der Waals surface area contributed by atoms with E-state index in [1.165, 1.54) is 25.6 Å². The second-order valence-electron chi connectivity index (χ2n) is 2.06. The molecular formula is C7H9NO3S. The van der Waals surface area contributed by atoms with Gasteiger partial charge in [-0.3, -0.25) is 0 Å². The number of hydrogen-bond donors (Lipinski definition) is 0. The van der Waals surface area contributed by atoms with Gasteiger partial charge in [-0.2, -0.15) is 0 Å². The Balaban J connectivity index is 3.04. The van der Waals surface area contributed by atoms with Crippen LogP contribution in [0.25, 0.3) is 0 Å². The second-order valence-corrected chi connectivity index (χ2v) is 3.23. The lowest BCUT2D eigenvalue weighted by Crippen LogP contribution is -2.03. The first-order valence-corrected chi connectivity index (χ1v) is 4.10. The Morgan fingerprint density at radius 1 is 1.50 bits per heavy atom. The van der Waals surface area contributed by atoms with Gasteiger partial charge in [0.25, 0.3) is 0 Å². The minimum Gasteiger partial charge on any atom is -0.485 e. The van der Waals surface area contributed by atoms with E-state index in [1.807, 2.05) is 0 Å². The fourth-order valence-electron chi connectivity index (χ4n) is 0.772. The topological polar surface area (TPSA) is 48.4 Å². The van der Waals surface area contributed by atoms with Gasteiger partial charge in [0, 0.05) is 0 Å². The molecule has 0 spiro atoms. The Morgan fingerprint density at radius 2 is 2.17 bits per heavy atom. The minimum absolute atomic E-state index is 0.252. The van der Waals surface area contributed by atoms with E-state index < -0.39 is 5.97 Å². The number of aromatic nitrogens is 1. The zero-order chi connectivity index (χ0) is 9.14. The molecule has 4 nitrogen and oxygen atoms in total. The third-order valence-corrected chi connectivity index (χ3v) is 2.20. The summed E-state index contributed by atoms with van der Waals surface area (Å²) in [6.07, 6.45) is 0. The van der Waals surface area contributed by atoms with Gasteiger partial charge < -0.3 is 9.47 Å². The van der Waals surface area contributed by atoms with Crippen molar-refractivity contribution in [2.75, 3.05) is 14.2 Å². The number of methoxy groups -OCH3 is 2. The van der Waals surface area contributed by atoms with Crippen molar-refractivity contribution >= 4 is 17.3 Å². The molecule has 0 aromatic carbocycles. The van der Waals surface area contributed by atoms with Crippen LogP contribution in [-0.4, -0.2) is 25.2 Å². The molecule has 0 unspecified atom stereocenters. The van der Waals surface area contributed by atoms with Crippen molar-refractivity contribution < 1.29 is 14.3 Å². The van der Waals surface area contributed by atoms with Crippen LogP contribution in [0.5, 0.6) is 5.06 Å². The Bertz CT molecular complexity index is 295. The quantitative estimate of drug-likeness (QED) is 0.654. The molecule has 0 N–H and O–H groups in total. The average Bonchev–Trinajstić information content (AvgIpc) is 2.45. The van der Waals surface area contributed by atoms with Crippen molar-refractivity contribution in [2.24, 2.45) is 0 Å². The monoisotopic (exact) mass is 187 g/mol. The molecule has 1 heterocycles. The van der Waals surface area contributed by atoms with E-state index in [1.54, 1.807) is 6.92 Å². The number of rotatable bonds is 2. The van der Waals surface area contributed by atoms with E-state index in [0.29, 0.717) is 5.06 Å². The van der Waals surface area contributed by atoms with Crippen LogP contribution >= 0.6 is 11.3 Å². The zero-order valence-corrected chi connectivity index (χ0v) is 7.90. The van der Waals surface area contributed by atoms with Crippen molar-refractivity contribution in [2.45, 2.75) is 6.92 Å². The average molecular weight is 187 g/mol. The molecule has 0 amide bonds. The second kappa shape index (κ2) is 3.53. The van der Waals surface area contributed by atoms with Gasteiger partial charge in [0.05, 0.1) is 19.2 Å². The van der Waals surface area contributed by atoms with E-state index in [2.05, 4.69) is 9.72 Å². The van der Waals surface area contributed by atoms with Crippen molar-refractivity contribution in [3.05, 3.63) is 10.7 Å². The smallest absolute Gasteiger partial charge is 0.361 e. The molecule has 0 aliphatic carbocycles. The highest BCUT2D eigenvalue weighted by molar-refractivity contribution is 7.13. The minimum atomic E-state index is -0.462. The van der Waals surface area contributed by atoms with Crippen LogP contribution in [-0.2, 0) is 4.74 Å². The molecule has 0 aliphatic heterocycles. The van der Waals surface area contributed by atoms with Gasteiger partial charge in [0.15, 0.2) is 0 Å². The maximum Gasteiger partial charge on any atom is 0.361 e. The van der Waals surface area contributed by atoms with Crippen molar-refractivity contribution in [1.29, 1.82) is 0 Å². The van der Waals surface area contributed by atoms with Crippen molar-refractivity contribution in [1.82, 2.24) is 4.98 Å². The first-order chi connectivity index (χ1) is 5.69. The number of thiazole rings is 1. The summed E-state index contributed by atoms with van der Waals surface area (Å²) in [6, 6.07) is 0. The zero-order valence-electron chi connectivity index (χ0n) is 7.08. The molecule has 0 radical (unpaired) electrons. The number of carbonyl (C=O) groups excluding carboxylic acids is 1. The van der Waals surface area contributed by atoms with Crippen LogP contribution in [0.2, 0.25) is 0 Å². The fourth-order valence-corrected chi connectivity index (χ4v) is 1.49. The van der Waals surface area contributed by atoms with Crippen LogP contribution in [0.3, 0.4) is 0 Å². The van der Waals surface area contributed by atoms with Crippen LogP contribution in [0.15, 0.2) is 0 Å². The Morgan fingerprint density at radius 3 is 2.67 bits per heavy atom. The van der Waals surface area contributed by atoms with Crippen molar-refractivity contribution in [3.63, 3.8) is 0 Å². The molecule has 1 aromatic heterocycles. The highest BCUT2D eigenvalue weighted by Crippen LogP contribution is 2.26. The molecule has 66 valence electrons. The van der Waals surface area contributed by atoms with Crippen molar-refractivity contribution in [3.8, 4) is 5.06 Å². The number of aryl methyl sites for hydroxylation is 1. The van der Waals surface area contributed by atoms with Gasteiger partial charge >= 0.3 is 5.97 Å². The van der Waals surface area contributed by atoms with E-state index >= 15 is 0 Å². The molecular weight excluding hydrogens is 178 g/mol.